The summed E-state index contributed by atoms with van der Waals surface area (Å²) in [6.45, 7) is 0. The Bertz CT molecular complexity index is 562. The molecule has 1 atom stereocenters. The summed E-state index contributed by atoms with van der Waals surface area (Å²) in [7, 11) is 0. The van der Waals surface area contributed by atoms with Crippen molar-refractivity contribution in [1.82, 2.24) is 0 Å². The standard InChI is InChI=1S/C9H7F3N2O3S2/c10-9(11,12)4-1-5-8(18-3-7(15)13-5)6(2-4)14-19(16)17/h1-2,14H,3H2,(H,13,15)(H,16,17). The summed E-state index contributed by atoms with van der Waals surface area (Å²) in [5.74, 6) is -0.390. The fraction of sp³-hybridized carbons (Fsp3) is 0.222. The van der Waals surface area contributed by atoms with Gasteiger partial charge < -0.3 is 5.32 Å². The van der Waals surface area contributed by atoms with E-state index in [1.165, 1.54) is 0 Å². The SMILES string of the molecule is O=C1CSc2c(cc(C(F)(F)F)cc2NS(=O)O)N1. The van der Waals surface area contributed by atoms with Crippen molar-refractivity contribution >= 4 is 40.3 Å². The molecule has 0 bridgehead atoms. The quantitative estimate of drug-likeness (QED) is 0.732. The lowest BCUT2D eigenvalue weighted by Gasteiger charge is -2.21. The first-order valence-electron chi connectivity index (χ1n) is 4.83. The molecule has 1 aromatic rings. The Morgan fingerprint density at radius 2 is 2.11 bits per heavy atom. The summed E-state index contributed by atoms with van der Waals surface area (Å²) in [6.07, 6.45) is -4.62. The van der Waals surface area contributed by atoms with Crippen LogP contribution in [0.2, 0.25) is 0 Å². The average Bonchev–Trinajstić information content (AvgIpc) is 2.26. The number of benzene rings is 1. The molecule has 1 aliphatic heterocycles. The number of anilines is 2. The molecular formula is C9H7F3N2O3S2. The summed E-state index contributed by atoms with van der Waals surface area (Å²) < 4.78 is 59.5. The van der Waals surface area contributed by atoms with E-state index in [-0.39, 0.29) is 17.1 Å². The van der Waals surface area contributed by atoms with Gasteiger partial charge in [0.1, 0.15) is 0 Å². The van der Waals surface area contributed by atoms with Crippen LogP contribution in [0.15, 0.2) is 17.0 Å². The van der Waals surface area contributed by atoms with Gasteiger partial charge in [0.15, 0.2) is 0 Å². The predicted molar refractivity (Wildman–Crippen MR) is 65.2 cm³/mol. The number of fused-ring (bicyclic) bond motifs is 1. The molecule has 1 unspecified atom stereocenters. The van der Waals surface area contributed by atoms with Gasteiger partial charge >= 0.3 is 6.18 Å². The minimum absolute atomic E-state index is 0.0241. The van der Waals surface area contributed by atoms with Crippen LogP contribution < -0.4 is 10.0 Å². The Hall–Kier alpha value is -1.26. The van der Waals surface area contributed by atoms with E-state index in [0.717, 1.165) is 23.9 Å². The maximum Gasteiger partial charge on any atom is 0.416 e. The van der Waals surface area contributed by atoms with Crippen LogP contribution in [0.3, 0.4) is 0 Å². The molecule has 0 radical (unpaired) electrons. The second-order valence-corrected chi connectivity index (χ2v) is 5.27. The number of hydrogen-bond donors (Lipinski definition) is 3. The van der Waals surface area contributed by atoms with E-state index >= 15 is 0 Å². The first-order valence-corrected chi connectivity index (χ1v) is 6.92. The molecule has 1 heterocycles. The number of nitrogens with one attached hydrogen (secondary N) is 2. The normalized spacial score (nSPS) is 16.5. The summed E-state index contributed by atoms with van der Waals surface area (Å²) >= 11 is -1.50. The number of thioether (sulfide) groups is 1. The minimum atomic E-state index is -4.62. The number of hydrogen-bond acceptors (Lipinski definition) is 3. The number of alkyl halides is 3. The first kappa shape index (κ1) is 14.2. The van der Waals surface area contributed by atoms with Gasteiger partial charge in [0.2, 0.25) is 5.91 Å². The van der Waals surface area contributed by atoms with Crippen LogP contribution in [-0.4, -0.2) is 20.4 Å². The molecule has 0 saturated carbocycles. The third-order valence-electron chi connectivity index (χ3n) is 2.24. The van der Waals surface area contributed by atoms with E-state index in [0.29, 0.717) is 4.90 Å². The second kappa shape index (κ2) is 5.02. The Kier molecular flexibility index (Phi) is 3.74. The van der Waals surface area contributed by atoms with Crippen LogP contribution in [0.25, 0.3) is 0 Å². The average molecular weight is 312 g/mol. The van der Waals surface area contributed by atoms with Crippen molar-refractivity contribution in [2.45, 2.75) is 11.1 Å². The number of carbonyl (C=O) groups is 1. The highest BCUT2D eigenvalue weighted by Crippen LogP contribution is 2.42. The van der Waals surface area contributed by atoms with Crippen molar-refractivity contribution in [3.8, 4) is 0 Å². The van der Waals surface area contributed by atoms with Crippen LogP contribution in [-0.2, 0) is 22.2 Å². The highest BCUT2D eigenvalue weighted by molar-refractivity contribution is 8.00. The van der Waals surface area contributed by atoms with Crippen LogP contribution >= 0.6 is 11.8 Å². The summed E-state index contributed by atoms with van der Waals surface area (Å²) in [4.78, 5) is 11.5. The Morgan fingerprint density at radius 3 is 2.68 bits per heavy atom. The van der Waals surface area contributed by atoms with Crippen LogP contribution in [0.5, 0.6) is 0 Å². The van der Waals surface area contributed by atoms with Gasteiger partial charge in [-0.1, -0.05) is 0 Å². The summed E-state index contributed by atoms with van der Waals surface area (Å²) in [6, 6.07) is 1.53. The molecule has 19 heavy (non-hydrogen) atoms. The van der Waals surface area contributed by atoms with Crippen molar-refractivity contribution in [2.75, 3.05) is 15.8 Å². The maximum absolute atomic E-state index is 12.7. The molecule has 0 saturated heterocycles. The molecule has 10 heteroatoms. The van der Waals surface area contributed by atoms with E-state index in [1.54, 1.807) is 0 Å². The van der Waals surface area contributed by atoms with Gasteiger partial charge in [0, 0.05) is 0 Å². The van der Waals surface area contributed by atoms with Crippen LogP contribution in [0.4, 0.5) is 24.5 Å². The van der Waals surface area contributed by atoms with Gasteiger partial charge in [-0.3, -0.25) is 14.1 Å². The molecular weight excluding hydrogens is 305 g/mol. The van der Waals surface area contributed by atoms with Gasteiger partial charge in [0.05, 0.1) is 27.6 Å². The topological polar surface area (TPSA) is 78.4 Å². The van der Waals surface area contributed by atoms with Gasteiger partial charge in [-0.2, -0.15) is 13.2 Å². The van der Waals surface area contributed by atoms with Crippen LogP contribution in [0.1, 0.15) is 5.56 Å². The fourth-order valence-corrected chi connectivity index (χ4v) is 2.83. The van der Waals surface area contributed by atoms with Crippen molar-refractivity contribution < 1.29 is 26.7 Å². The van der Waals surface area contributed by atoms with E-state index in [1.807, 2.05) is 4.72 Å². The third-order valence-corrected chi connectivity index (χ3v) is 3.76. The van der Waals surface area contributed by atoms with Crippen molar-refractivity contribution in [1.29, 1.82) is 0 Å². The fourth-order valence-electron chi connectivity index (χ4n) is 1.53. The molecule has 1 aliphatic rings. The lowest BCUT2D eigenvalue weighted by Crippen LogP contribution is -2.21. The lowest BCUT2D eigenvalue weighted by molar-refractivity contribution is -0.137. The van der Waals surface area contributed by atoms with Gasteiger partial charge in [-0.15, -0.1) is 11.8 Å². The zero-order valence-corrected chi connectivity index (χ0v) is 10.7. The van der Waals surface area contributed by atoms with Gasteiger partial charge in [-0.25, -0.2) is 4.21 Å². The lowest BCUT2D eigenvalue weighted by atomic mass is 10.1. The predicted octanol–water partition coefficient (Wildman–Crippen LogP) is 2.30. The van der Waals surface area contributed by atoms with Gasteiger partial charge in [0.25, 0.3) is 11.3 Å². The molecule has 0 fully saturated rings. The van der Waals surface area contributed by atoms with E-state index in [2.05, 4.69) is 5.32 Å². The molecule has 1 amide bonds. The Labute approximate surface area is 112 Å². The first-order chi connectivity index (χ1) is 8.77. The zero-order chi connectivity index (χ0) is 14.2. The van der Waals surface area contributed by atoms with Crippen molar-refractivity contribution in [3.63, 3.8) is 0 Å². The maximum atomic E-state index is 12.7. The highest BCUT2D eigenvalue weighted by Gasteiger charge is 2.33. The highest BCUT2D eigenvalue weighted by atomic mass is 32.2. The molecule has 1 aromatic carbocycles. The van der Waals surface area contributed by atoms with Gasteiger partial charge in [-0.05, 0) is 12.1 Å². The molecule has 5 nitrogen and oxygen atoms in total. The largest absolute Gasteiger partial charge is 0.416 e. The van der Waals surface area contributed by atoms with Crippen LogP contribution in [0, 0.1) is 0 Å². The van der Waals surface area contributed by atoms with E-state index < -0.39 is 28.9 Å². The third kappa shape index (κ3) is 3.19. The molecule has 104 valence electrons. The van der Waals surface area contributed by atoms with E-state index in [4.69, 9.17) is 4.55 Å². The van der Waals surface area contributed by atoms with E-state index in [9.17, 15) is 22.2 Å². The summed E-state index contributed by atoms with van der Waals surface area (Å²) in [5, 5.41) is 2.31. The number of rotatable bonds is 2. The van der Waals surface area contributed by atoms with Crippen molar-refractivity contribution in [2.24, 2.45) is 0 Å². The van der Waals surface area contributed by atoms with Crippen molar-refractivity contribution in [3.05, 3.63) is 17.7 Å². The molecule has 2 rings (SSSR count). The molecule has 3 N–H and O–H groups in total. The smallest absolute Gasteiger partial charge is 0.324 e. The monoisotopic (exact) mass is 312 g/mol. The summed E-state index contributed by atoms with van der Waals surface area (Å²) in [5.41, 5.74) is -1.18. The Morgan fingerprint density at radius 1 is 1.42 bits per heavy atom. The zero-order valence-electron chi connectivity index (χ0n) is 9.08. The second-order valence-electron chi connectivity index (χ2n) is 3.59. The minimum Gasteiger partial charge on any atom is -0.324 e. The number of carbonyl (C=O) groups excluding carboxylic acids is 1. The number of halogens is 3. The molecule has 0 aliphatic carbocycles. The Balaban J connectivity index is 2.54. The molecule has 0 spiro atoms. The number of amides is 1. The molecule has 0 aromatic heterocycles.